The second kappa shape index (κ2) is 8.34. The van der Waals surface area contributed by atoms with Crippen molar-refractivity contribution in [1.82, 2.24) is 20.1 Å². The number of rotatable bonds is 6. The standard InChI is InChI=1S/C23H29FN6S/c1-6-9-30-21(11-20(28-30)23(3,4)5)27-22-26-18(13-31-22)16-7-8-19(17(24)10-16)29-12-15(2)25-14-29/h7-8,10-13,25H,6,9,14H2,1-5H3,(H,26,27). The van der Waals surface area contributed by atoms with Crippen LogP contribution >= 0.6 is 11.3 Å². The molecular weight excluding hydrogens is 411 g/mol. The van der Waals surface area contributed by atoms with Gasteiger partial charge in [-0.15, -0.1) is 11.3 Å². The van der Waals surface area contributed by atoms with Crippen LogP contribution in [0.4, 0.5) is 21.0 Å². The molecule has 0 radical (unpaired) electrons. The average Bonchev–Trinajstić information content (AvgIpc) is 3.43. The largest absolute Gasteiger partial charge is 0.370 e. The normalized spacial score (nSPS) is 14.0. The molecule has 0 saturated carbocycles. The molecule has 1 aliphatic heterocycles. The molecule has 0 fully saturated rings. The minimum atomic E-state index is -0.261. The molecule has 2 N–H and O–H groups in total. The molecule has 0 saturated heterocycles. The van der Waals surface area contributed by atoms with E-state index in [2.05, 4.69) is 44.4 Å². The van der Waals surface area contributed by atoms with Gasteiger partial charge in [-0.2, -0.15) is 5.10 Å². The number of nitrogens with zero attached hydrogens (tertiary/aromatic N) is 4. The van der Waals surface area contributed by atoms with Crippen LogP contribution in [-0.4, -0.2) is 21.4 Å². The Hall–Kier alpha value is -2.87. The van der Waals surface area contributed by atoms with Gasteiger partial charge in [0.25, 0.3) is 0 Å². The highest BCUT2D eigenvalue weighted by atomic mass is 32.1. The fourth-order valence-electron chi connectivity index (χ4n) is 3.43. The van der Waals surface area contributed by atoms with Crippen molar-refractivity contribution in [3.8, 4) is 11.3 Å². The summed E-state index contributed by atoms with van der Waals surface area (Å²) in [6.45, 7) is 12.0. The fraction of sp³-hybridized carbons (Fsp3) is 0.391. The van der Waals surface area contributed by atoms with Crippen LogP contribution in [0.2, 0.25) is 0 Å². The van der Waals surface area contributed by atoms with E-state index in [0.717, 1.165) is 46.6 Å². The number of aromatic nitrogens is 3. The molecule has 0 unspecified atom stereocenters. The fourth-order valence-corrected chi connectivity index (χ4v) is 4.15. The number of nitrogens with one attached hydrogen (secondary N) is 2. The van der Waals surface area contributed by atoms with E-state index in [1.165, 1.54) is 11.3 Å². The van der Waals surface area contributed by atoms with Gasteiger partial charge in [-0.05, 0) is 25.5 Å². The van der Waals surface area contributed by atoms with Crippen molar-refractivity contribution in [2.45, 2.75) is 53.0 Å². The molecule has 0 amide bonds. The minimum Gasteiger partial charge on any atom is -0.370 e. The zero-order chi connectivity index (χ0) is 22.2. The summed E-state index contributed by atoms with van der Waals surface area (Å²) in [5, 5.41) is 14.1. The van der Waals surface area contributed by atoms with Crippen molar-refractivity contribution in [3.63, 3.8) is 0 Å². The SMILES string of the molecule is CCCn1nc(C(C)(C)C)cc1Nc1nc(-c2ccc(N3C=C(C)NC3)c(F)c2)cs1. The topological polar surface area (TPSA) is 58.0 Å². The lowest BCUT2D eigenvalue weighted by Gasteiger charge is -2.16. The van der Waals surface area contributed by atoms with Crippen molar-refractivity contribution < 1.29 is 4.39 Å². The van der Waals surface area contributed by atoms with Crippen molar-refractivity contribution in [1.29, 1.82) is 0 Å². The van der Waals surface area contributed by atoms with E-state index in [4.69, 9.17) is 10.1 Å². The highest BCUT2D eigenvalue weighted by Gasteiger charge is 2.20. The molecule has 3 aromatic rings. The molecule has 0 aliphatic carbocycles. The lowest BCUT2D eigenvalue weighted by Crippen LogP contribution is -2.21. The van der Waals surface area contributed by atoms with Crippen LogP contribution in [-0.2, 0) is 12.0 Å². The number of aryl methyl sites for hydroxylation is 1. The number of hydrogen-bond acceptors (Lipinski definition) is 6. The predicted molar refractivity (Wildman–Crippen MR) is 126 cm³/mol. The van der Waals surface area contributed by atoms with Crippen LogP contribution < -0.4 is 15.5 Å². The number of allylic oxidation sites excluding steroid dienone is 1. The van der Waals surface area contributed by atoms with Gasteiger partial charge >= 0.3 is 0 Å². The summed E-state index contributed by atoms with van der Waals surface area (Å²) < 4.78 is 16.8. The first kappa shape index (κ1) is 21.4. The molecule has 0 bridgehead atoms. The second-order valence-corrected chi connectivity index (χ2v) is 9.69. The zero-order valence-electron chi connectivity index (χ0n) is 18.7. The van der Waals surface area contributed by atoms with Gasteiger partial charge in [-0.3, -0.25) is 0 Å². The third kappa shape index (κ3) is 4.58. The minimum absolute atomic E-state index is 0.0265. The number of benzene rings is 1. The van der Waals surface area contributed by atoms with Crippen molar-refractivity contribution in [2.75, 3.05) is 16.9 Å². The van der Waals surface area contributed by atoms with Crippen LogP contribution in [0, 0.1) is 5.82 Å². The van der Waals surface area contributed by atoms with E-state index in [-0.39, 0.29) is 11.2 Å². The molecule has 0 spiro atoms. The van der Waals surface area contributed by atoms with Crippen molar-refractivity contribution in [2.24, 2.45) is 0 Å². The number of hydrogen-bond donors (Lipinski definition) is 2. The molecule has 0 atom stereocenters. The Bertz CT molecular complexity index is 1110. The Morgan fingerprint density at radius 3 is 2.71 bits per heavy atom. The Labute approximate surface area is 186 Å². The molecule has 31 heavy (non-hydrogen) atoms. The quantitative estimate of drug-likeness (QED) is 0.505. The van der Waals surface area contributed by atoms with Crippen molar-refractivity contribution >= 4 is 28.0 Å². The van der Waals surface area contributed by atoms with Crippen LogP contribution in [0.1, 0.15) is 46.7 Å². The molecule has 4 rings (SSSR count). The predicted octanol–water partition coefficient (Wildman–Crippen LogP) is 5.83. The maximum Gasteiger partial charge on any atom is 0.188 e. The van der Waals surface area contributed by atoms with Gasteiger partial charge in [0, 0.05) is 40.9 Å². The molecular formula is C23H29FN6S. The van der Waals surface area contributed by atoms with Gasteiger partial charge in [-0.25, -0.2) is 14.1 Å². The van der Waals surface area contributed by atoms with Gasteiger partial charge < -0.3 is 15.5 Å². The summed E-state index contributed by atoms with van der Waals surface area (Å²) in [6.07, 6.45) is 2.91. The Morgan fingerprint density at radius 2 is 2.06 bits per heavy atom. The first-order chi connectivity index (χ1) is 14.7. The van der Waals surface area contributed by atoms with Gasteiger partial charge in [0.2, 0.25) is 0 Å². The third-order valence-corrected chi connectivity index (χ3v) is 5.91. The smallest absolute Gasteiger partial charge is 0.188 e. The number of thiazole rings is 1. The maximum atomic E-state index is 14.8. The first-order valence-corrected chi connectivity index (χ1v) is 11.4. The van der Waals surface area contributed by atoms with Crippen LogP contribution in [0.5, 0.6) is 0 Å². The molecule has 1 aliphatic rings. The van der Waals surface area contributed by atoms with Gasteiger partial charge in [0.05, 0.1) is 23.7 Å². The molecule has 2 aromatic heterocycles. The summed E-state index contributed by atoms with van der Waals surface area (Å²) in [7, 11) is 0. The Balaban J connectivity index is 1.55. The summed E-state index contributed by atoms with van der Waals surface area (Å²) in [6, 6.07) is 7.36. The molecule has 164 valence electrons. The Kier molecular flexibility index (Phi) is 5.75. The van der Waals surface area contributed by atoms with Gasteiger partial charge in [-0.1, -0.05) is 33.8 Å². The summed E-state index contributed by atoms with van der Waals surface area (Å²) in [5.41, 5.74) is 4.10. The second-order valence-electron chi connectivity index (χ2n) is 8.83. The first-order valence-electron chi connectivity index (χ1n) is 10.5. The van der Waals surface area contributed by atoms with Crippen molar-refractivity contribution in [3.05, 3.63) is 53.1 Å². The van der Waals surface area contributed by atoms with E-state index in [1.807, 2.05) is 34.2 Å². The average molecular weight is 441 g/mol. The van der Waals surface area contributed by atoms with Crippen LogP contribution in [0.25, 0.3) is 11.3 Å². The monoisotopic (exact) mass is 440 g/mol. The molecule has 8 heteroatoms. The van der Waals surface area contributed by atoms with Gasteiger partial charge in [0.15, 0.2) is 5.13 Å². The van der Waals surface area contributed by atoms with E-state index in [9.17, 15) is 4.39 Å². The highest BCUT2D eigenvalue weighted by Crippen LogP contribution is 2.32. The van der Waals surface area contributed by atoms with Gasteiger partial charge in [0.1, 0.15) is 11.6 Å². The molecule has 3 heterocycles. The number of halogens is 1. The van der Waals surface area contributed by atoms with Crippen LogP contribution in [0.3, 0.4) is 0 Å². The maximum absolute atomic E-state index is 14.8. The van der Waals surface area contributed by atoms with E-state index in [0.29, 0.717) is 12.4 Å². The number of anilines is 3. The molecule has 1 aromatic carbocycles. The highest BCUT2D eigenvalue weighted by molar-refractivity contribution is 7.14. The summed E-state index contributed by atoms with van der Waals surface area (Å²) in [4.78, 5) is 6.56. The lowest BCUT2D eigenvalue weighted by molar-refractivity contribution is 0.530. The third-order valence-electron chi connectivity index (χ3n) is 5.15. The zero-order valence-corrected chi connectivity index (χ0v) is 19.5. The van der Waals surface area contributed by atoms with E-state index >= 15 is 0 Å². The summed E-state index contributed by atoms with van der Waals surface area (Å²) >= 11 is 1.50. The molecule has 6 nitrogen and oxygen atoms in total. The van der Waals surface area contributed by atoms with E-state index < -0.39 is 0 Å². The summed E-state index contributed by atoms with van der Waals surface area (Å²) in [5.74, 6) is 0.668. The Morgan fingerprint density at radius 1 is 1.26 bits per heavy atom. The lowest BCUT2D eigenvalue weighted by atomic mass is 9.92. The van der Waals surface area contributed by atoms with Crippen LogP contribution in [0.15, 0.2) is 41.5 Å². The van der Waals surface area contributed by atoms with E-state index in [1.54, 1.807) is 12.1 Å².